The van der Waals surface area contributed by atoms with Crippen LogP contribution in [0.25, 0.3) is 22.5 Å². The summed E-state index contributed by atoms with van der Waals surface area (Å²) in [4.78, 5) is 3.72. The van der Waals surface area contributed by atoms with Crippen LogP contribution in [-0.4, -0.2) is 19.2 Å². The van der Waals surface area contributed by atoms with Crippen molar-refractivity contribution in [1.82, 2.24) is 4.98 Å². The lowest BCUT2D eigenvalue weighted by Gasteiger charge is -2.15. The number of methoxy groups -OCH3 is 2. The molecule has 0 spiro atoms. The zero-order valence-corrected chi connectivity index (χ0v) is 14.8. The molecule has 1 aliphatic rings. The maximum atomic E-state index is 5.49. The Morgan fingerprint density at radius 3 is 2.00 bits per heavy atom. The van der Waals surface area contributed by atoms with E-state index in [-0.39, 0.29) is 0 Å². The van der Waals surface area contributed by atoms with Crippen molar-refractivity contribution in [2.24, 2.45) is 0 Å². The van der Waals surface area contributed by atoms with E-state index in [1.807, 2.05) is 6.07 Å². The Hall–Kier alpha value is -2.68. The van der Waals surface area contributed by atoms with Crippen LogP contribution in [0, 0.1) is 0 Å². The van der Waals surface area contributed by atoms with E-state index in [9.17, 15) is 0 Å². The van der Waals surface area contributed by atoms with Gasteiger partial charge in [-0.15, -0.1) is 0 Å². The molecule has 1 heterocycles. The smallest absolute Gasteiger partial charge is 0.161 e. The van der Waals surface area contributed by atoms with Crippen LogP contribution in [0.3, 0.4) is 0 Å². The Labute approximate surface area is 148 Å². The molecule has 1 N–H and O–H groups in total. The van der Waals surface area contributed by atoms with Crippen molar-refractivity contribution >= 4 is 0 Å². The molecule has 0 amide bonds. The van der Waals surface area contributed by atoms with Gasteiger partial charge in [-0.05, 0) is 60.6 Å². The molecule has 0 bridgehead atoms. The molecule has 1 aromatic heterocycles. The Morgan fingerprint density at radius 1 is 0.720 bits per heavy atom. The maximum absolute atomic E-state index is 5.49. The second kappa shape index (κ2) is 6.67. The van der Waals surface area contributed by atoms with Crippen LogP contribution >= 0.6 is 0 Å². The second-order valence-corrected chi connectivity index (χ2v) is 6.48. The molecule has 0 aliphatic heterocycles. The van der Waals surface area contributed by atoms with Crippen LogP contribution in [-0.2, 0) is 12.8 Å². The van der Waals surface area contributed by atoms with E-state index in [0.29, 0.717) is 0 Å². The normalized spacial score (nSPS) is 13.4. The highest BCUT2D eigenvalue weighted by Crippen LogP contribution is 2.40. The van der Waals surface area contributed by atoms with Crippen LogP contribution in [0.1, 0.15) is 24.0 Å². The van der Waals surface area contributed by atoms with E-state index in [4.69, 9.17) is 9.47 Å². The molecule has 128 valence electrons. The number of rotatable bonds is 4. The van der Waals surface area contributed by atoms with Crippen molar-refractivity contribution in [2.45, 2.75) is 25.7 Å². The zero-order chi connectivity index (χ0) is 17.2. The third kappa shape index (κ3) is 2.80. The fourth-order valence-corrected chi connectivity index (χ4v) is 3.82. The van der Waals surface area contributed by atoms with Gasteiger partial charge < -0.3 is 14.5 Å². The van der Waals surface area contributed by atoms with Gasteiger partial charge in [0, 0.05) is 17.0 Å². The molecular formula is C22H23NO2. The average Bonchev–Trinajstić information content (AvgIpc) is 3.08. The molecule has 2 aromatic carbocycles. The Kier molecular flexibility index (Phi) is 4.22. The van der Waals surface area contributed by atoms with E-state index in [2.05, 4.69) is 47.4 Å². The zero-order valence-electron chi connectivity index (χ0n) is 14.8. The molecule has 0 radical (unpaired) electrons. The quantitative estimate of drug-likeness (QED) is 0.708. The number of hydrogen-bond donors (Lipinski definition) is 1. The number of aromatic amines is 1. The predicted octanol–water partition coefficient (Wildman–Crippen LogP) is 5.24. The number of fused-ring (bicyclic) bond motifs is 1. The molecule has 25 heavy (non-hydrogen) atoms. The number of nitrogens with one attached hydrogen (secondary N) is 1. The van der Waals surface area contributed by atoms with E-state index < -0.39 is 0 Å². The van der Waals surface area contributed by atoms with Gasteiger partial charge in [-0.3, -0.25) is 0 Å². The van der Waals surface area contributed by atoms with Crippen molar-refractivity contribution < 1.29 is 9.47 Å². The fourth-order valence-electron chi connectivity index (χ4n) is 3.82. The largest absolute Gasteiger partial charge is 0.493 e. The van der Waals surface area contributed by atoms with Gasteiger partial charge in [0.15, 0.2) is 11.5 Å². The highest BCUT2D eigenvalue weighted by Gasteiger charge is 2.22. The molecule has 0 atom stereocenters. The SMILES string of the molecule is COc1ccc(-c2[nH]c(-c3ccccc3)c3c2CCCC3)cc1OC. The molecule has 3 nitrogen and oxygen atoms in total. The average molecular weight is 333 g/mol. The molecule has 0 unspecified atom stereocenters. The van der Waals surface area contributed by atoms with Gasteiger partial charge >= 0.3 is 0 Å². The van der Waals surface area contributed by atoms with Crippen molar-refractivity contribution in [1.29, 1.82) is 0 Å². The lowest BCUT2D eigenvalue weighted by atomic mass is 9.89. The minimum absolute atomic E-state index is 0.759. The molecular weight excluding hydrogens is 310 g/mol. The number of hydrogen-bond acceptors (Lipinski definition) is 2. The molecule has 0 saturated heterocycles. The summed E-state index contributed by atoms with van der Waals surface area (Å²) in [5.41, 5.74) is 7.82. The van der Waals surface area contributed by atoms with Crippen molar-refractivity contribution in [3.8, 4) is 34.0 Å². The second-order valence-electron chi connectivity index (χ2n) is 6.48. The first kappa shape index (κ1) is 15.8. The van der Waals surface area contributed by atoms with Gasteiger partial charge in [0.1, 0.15) is 0 Å². The van der Waals surface area contributed by atoms with E-state index in [1.54, 1.807) is 14.2 Å². The topological polar surface area (TPSA) is 34.2 Å². The van der Waals surface area contributed by atoms with E-state index in [1.165, 1.54) is 40.9 Å². The third-order valence-corrected chi connectivity index (χ3v) is 5.06. The highest BCUT2D eigenvalue weighted by atomic mass is 16.5. The van der Waals surface area contributed by atoms with Gasteiger partial charge in [-0.1, -0.05) is 30.3 Å². The summed E-state index contributed by atoms with van der Waals surface area (Å²) in [5, 5.41) is 0. The summed E-state index contributed by atoms with van der Waals surface area (Å²) < 4.78 is 10.9. The van der Waals surface area contributed by atoms with Gasteiger partial charge in [-0.25, -0.2) is 0 Å². The van der Waals surface area contributed by atoms with Crippen LogP contribution in [0.5, 0.6) is 11.5 Å². The van der Waals surface area contributed by atoms with Gasteiger partial charge in [0.25, 0.3) is 0 Å². The maximum Gasteiger partial charge on any atom is 0.161 e. The number of ether oxygens (including phenoxy) is 2. The monoisotopic (exact) mass is 333 g/mol. The van der Waals surface area contributed by atoms with Crippen LogP contribution in [0.15, 0.2) is 48.5 Å². The summed E-state index contributed by atoms with van der Waals surface area (Å²) in [6.07, 6.45) is 4.78. The van der Waals surface area contributed by atoms with Gasteiger partial charge in [0.05, 0.1) is 14.2 Å². The summed E-state index contributed by atoms with van der Waals surface area (Å²) in [7, 11) is 3.35. The predicted molar refractivity (Wildman–Crippen MR) is 101 cm³/mol. The number of H-pyrrole nitrogens is 1. The highest BCUT2D eigenvalue weighted by molar-refractivity contribution is 5.77. The number of aromatic nitrogens is 1. The lowest BCUT2D eigenvalue weighted by molar-refractivity contribution is 0.355. The van der Waals surface area contributed by atoms with Crippen LogP contribution < -0.4 is 9.47 Å². The Bertz CT molecular complexity index is 881. The fraction of sp³-hybridized carbons (Fsp3) is 0.273. The van der Waals surface area contributed by atoms with Crippen LogP contribution in [0.2, 0.25) is 0 Å². The minimum Gasteiger partial charge on any atom is -0.493 e. The molecule has 0 saturated carbocycles. The first-order valence-corrected chi connectivity index (χ1v) is 8.83. The van der Waals surface area contributed by atoms with E-state index >= 15 is 0 Å². The molecule has 3 aromatic rings. The Balaban J connectivity index is 1.87. The molecule has 1 aliphatic carbocycles. The third-order valence-electron chi connectivity index (χ3n) is 5.06. The lowest BCUT2D eigenvalue weighted by Crippen LogP contribution is -2.01. The summed E-state index contributed by atoms with van der Waals surface area (Å²) in [6.45, 7) is 0. The first-order valence-electron chi connectivity index (χ1n) is 8.83. The molecule has 3 heteroatoms. The Morgan fingerprint density at radius 2 is 1.36 bits per heavy atom. The van der Waals surface area contributed by atoms with Crippen molar-refractivity contribution in [3.05, 3.63) is 59.7 Å². The first-order chi connectivity index (χ1) is 12.3. The standard InChI is InChI=1S/C22H23NO2/c1-24-19-13-12-16(14-20(19)25-2)22-18-11-7-6-10-17(18)21(23-22)15-8-4-3-5-9-15/h3-5,8-9,12-14,23H,6-7,10-11H2,1-2H3. The van der Waals surface area contributed by atoms with Gasteiger partial charge in [-0.2, -0.15) is 0 Å². The summed E-state index contributed by atoms with van der Waals surface area (Å²) in [6, 6.07) is 16.8. The summed E-state index contributed by atoms with van der Waals surface area (Å²) in [5.74, 6) is 1.52. The number of benzene rings is 2. The van der Waals surface area contributed by atoms with Crippen molar-refractivity contribution in [2.75, 3.05) is 14.2 Å². The molecule has 0 fully saturated rings. The van der Waals surface area contributed by atoms with Gasteiger partial charge in [0.2, 0.25) is 0 Å². The van der Waals surface area contributed by atoms with Crippen molar-refractivity contribution in [3.63, 3.8) is 0 Å². The summed E-state index contributed by atoms with van der Waals surface area (Å²) >= 11 is 0. The molecule has 4 rings (SSSR count). The van der Waals surface area contributed by atoms with Crippen LogP contribution in [0.4, 0.5) is 0 Å². The van der Waals surface area contributed by atoms with E-state index in [0.717, 1.165) is 29.9 Å². The minimum atomic E-state index is 0.759.